The van der Waals surface area contributed by atoms with Crippen molar-refractivity contribution in [2.75, 3.05) is 6.54 Å². The highest BCUT2D eigenvalue weighted by Gasteiger charge is 2.17. The van der Waals surface area contributed by atoms with Gasteiger partial charge in [0.1, 0.15) is 0 Å². The summed E-state index contributed by atoms with van der Waals surface area (Å²) < 4.78 is 2.27. The molecule has 1 aliphatic heterocycles. The molecule has 0 bridgehead atoms. The molecule has 0 radical (unpaired) electrons. The number of benzene rings is 1. The molecule has 0 unspecified atom stereocenters. The zero-order valence-corrected chi connectivity index (χ0v) is 10.7. The summed E-state index contributed by atoms with van der Waals surface area (Å²) in [6.07, 6.45) is 3.27. The summed E-state index contributed by atoms with van der Waals surface area (Å²) in [5.74, 6) is 0. The molecule has 1 aromatic carbocycles. The standard InChI is InChI=1S/C14H13N3S/c1-2-4-10(5-3-1)11-9-17-12-6-7-15-8-13(12)18-14(17)16-11/h1-5,9,15H,6-8H2. The topological polar surface area (TPSA) is 29.3 Å². The summed E-state index contributed by atoms with van der Waals surface area (Å²) in [6.45, 7) is 2.06. The SMILES string of the molecule is c1ccc(-c2cn3c4c(sc3n2)CNCC4)cc1. The maximum atomic E-state index is 4.74. The van der Waals surface area contributed by atoms with E-state index < -0.39 is 0 Å². The van der Waals surface area contributed by atoms with E-state index in [1.54, 1.807) is 11.3 Å². The summed E-state index contributed by atoms with van der Waals surface area (Å²) in [7, 11) is 0. The van der Waals surface area contributed by atoms with Gasteiger partial charge in [-0.1, -0.05) is 41.7 Å². The second kappa shape index (κ2) is 3.93. The lowest BCUT2D eigenvalue weighted by molar-refractivity contribution is 0.638. The molecule has 4 heteroatoms. The van der Waals surface area contributed by atoms with Crippen LogP contribution in [-0.2, 0) is 13.0 Å². The van der Waals surface area contributed by atoms with E-state index in [1.165, 1.54) is 16.1 Å². The molecule has 1 aliphatic rings. The Morgan fingerprint density at radius 3 is 3.00 bits per heavy atom. The van der Waals surface area contributed by atoms with Crippen LogP contribution < -0.4 is 5.32 Å². The molecule has 3 nitrogen and oxygen atoms in total. The third-order valence-corrected chi connectivity index (χ3v) is 4.49. The second-order valence-electron chi connectivity index (χ2n) is 4.54. The Kier molecular flexibility index (Phi) is 2.25. The van der Waals surface area contributed by atoms with Gasteiger partial charge in [0.2, 0.25) is 0 Å². The number of hydrogen-bond donors (Lipinski definition) is 1. The number of nitrogens with one attached hydrogen (secondary N) is 1. The molecule has 0 saturated heterocycles. The second-order valence-corrected chi connectivity index (χ2v) is 5.61. The molecule has 0 spiro atoms. The van der Waals surface area contributed by atoms with Gasteiger partial charge in [0.25, 0.3) is 0 Å². The van der Waals surface area contributed by atoms with E-state index in [4.69, 9.17) is 4.98 Å². The Morgan fingerprint density at radius 2 is 2.11 bits per heavy atom. The molecule has 3 aromatic rings. The lowest BCUT2D eigenvalue weighted by Gasteiger charge is -2.11. The van der Waals surface area contributed by atoms with Crippen LogP contribution in [0, 0.1) is 0 Å². The third kappa shape index (κ3) is 1.50. The van der Waals surface area contributed by atoms with E-state index in [0.29, 0.717) is 0 Å². The number of aromatic nitrogens is 2. The van der Waals surface area contributed by atoms with Crippen molar-refractivity contribution in [3.63, 3.8) is 0 Å². The first kappa shape index (κ1) is 10.3. The fraction of sp³-hybridized carbons (Fsp3) is 0.214. The minimum absolute atomic E-state index is 0.990. The maximum absolute atomic E-state index is 4.74. The van der Waals surface area contributed by atoms with Crippen LogP contribution in [0.4, 0.5) is 0 Å². The highest BCUT2D eigenvalue weighted by Crippen LogP contribution is 2.28. The van der Waals surface area contributed by atoms with Crippen LogP contribution >= 0.6 is 11.3 Å². The Hall–Kier alpha value is -1.65. The summed E-state index contributed by atoms with van der Waals surface area (Å²) in [5, 5.41) is 3.41. The first-order chi connectivity index (χ1) is 8.92. The van der Waals surface area contributed by atoms with Crippen LogP contribution in [0.3, 0.4) is 0 Å². The van der Waals surface area contributed by atoms with Crippen molar-refractivity contribution in [1.29, 1.82) is 0 Å². The van der Waals surface area contributed by atoms with Crippen molar-refractivity contribution in [2.45, 2.75) is 13.0 Å². The molecular formula is C14H13N3S. The molecule has 0 saturated carbocycles. The third-order valence-electron chi connectivity index (χ3n) is 3.39. The van der Waals surface area contributed by atoms with Crippen molar-refractivity contribution < 1.29 is 0 Å². The zero-order valence-electron chi connectivity index (χ0n) is 9.89. The Labute approximate surface area is 109 Å². The van der Waals surface area contributed by atoms with E-state index in [1.807, 2.05) is 6.07 Å². The first-order valence-electron chi connectivity index (χ1n) is 6.17. The molecule has 3 heterocycles. The van der Waals surface area contributed by atoms with Crippen molar-refractivity contribution >= 4 is 16.3 Å². The molecule has 0 atom stereocenters. The van der Waals surface area contributed by atoms with Gasteiger partial charge in [0, 0.05) is 41.8 Å². The van der Waals surface area contributed by atoms with E-state index in [2.05, 4.69) is 40.2 Å². The van der Waals surface area contributed by atoms with Gasteiger partial charge in [0.05, 0.1) is 5.69 Å². The summed E-state index contributed by atoms with van der Waals surface area (Å²) >= 11 is 1.80. The Bertz CT molecular complexity index is 696. The number of hydrogen-bond acceptors (Lipinski definition) is 3. The maximum Gasteiger partial charge on any atom is 0.194 e. The quantitative estimate of drug-likeness (QED) is 0.724. The van der Waals surface area contributed by atoms with Crippen LogP contribution in [0.5, 0.6) is 0 Å². The van der Waals surface area contributed by atoms with Crippen LogP contribution in [0.1, 0.15) is 10.6 Å². The zero-order chi connectivity index (χ0) is 11.9. The number of nitrogens with zero attached hydrogens (tertiary/aromatic N) is 2. The number of thiazole rings is 1. The molecule has 0 fully saturated rings. The number of imidazole rings is 1. The van der Waals surface area contributed by atoms with Crippen molar-refractivity contribution in [1.82, 2.24) is 14.7 Å². The van der Waals surface area contributed by atoms with Crippen molar-refractivity contribution in [3.05, 3.63) is 47.1 Å². The van der Waals surface area contributed by atoms with Gasteiger partial charge in [0.15, 0.2) is 4.96 Å². The lowest BCUT2D eigenvalue weighted by Crippen LogP contribution is -2.23. The van der Waals surface area contributed by atoms with E-state index >= 15 is 0 Å². The minimum Gasteiger partial charge on any atom is -0.311 e. The van der Waals surface area contributed by atoms with Gasteiger partial charge >= 0.3 is 0 Å². The van der Waals surface area contributed by atoms with Crippen molar-refractivity contribution in [3.8, 4) is 11.3 Å². The van der Waals surface area contributed by atoms with Gasteiger partial charge in [-0.2, -0.15) is 0 Å². The number of fused-ring (bicyclic) bond motifs is 3. The molecular weight excluding hydrogens is 242 g/mol. The summed E-state index contributed by atoms with van der Waals surface area (Å²) in [4.78, 5) is 7.29. The van der Waals surface area contributed by atoms with Gasteiger partial charge in [-0.25, -0.2) is 4.98 Å². The molecule has 2 aromatic heterocycles. The van der Waals surface area contributed by atoms with Crippen LogP contribution in [0.2, 0.25) is 0 Å². The fourth-order valence-electron chi connectivity index (χ4n) is 2.49. The fourth-order valence-corrected chi connectivity index (χ4v) is 3.60. The van der Waals surface area contributed by atoms with Gasteiger partial charge < -0.3 is 5.32 Å². The Balaban J connectivity index is 1.88. The van der Waals surface area contributed by atoms with Gasteiger partial charge in [-0.3, -0.25) is 4.40 Å². The minimum atomic E-state index is 0.990. The van der Waals surface area contributed by atoms with Gasteiger partial charge in [-0.05, 0) is 0 Å². The smallest absolute Gasteiger partial charge is 0.194 e. The molecule has 0 aliphatic carbocycles. The monoisotopic (exact) mass is 255 g/mol. The van der Waals surface area contributed by atoms with Crippen LogP contribution in [0.15, 0.2) is 36.5 Å². The van der Waals surface area contributed by atoms with E-state index in [-0.39, 0.29) is 0 Å². The van der Waals surface area contributed by atoms with Crippen molar-refractivity contribution in [2.24, 2.45) is 0 Å². The van der Waals surface area contributed by atoms with E-state index in [0.717, 1.165) is 30.2 Å². The average Bonchev–Trinajstić information content (AvgIpc) is 2.97. The summed E-state index contributed by atoms with van der Waals surface area (Å²) in [5.41, 5.74) is 3.70. The molecule has 0 amide bonds. The normalized spacial score (nSPS) is 14.9. The molecule has 90 valence electrons. The van der Waals surface area contributed by atoms with Crippen LogP contribution in [-0.4, -0.2) is 15.9 Å². The predicted molar refractivity (Wildman–Crippen MR) is 73.9 cm³/mol. The average molecular weight is 255 g/mol. The largest absolute Gasteiger partial charge is 0.311 e. The van der Waals surface area contributed by atoms with Gasteiger partial charge in [-0.15, -0.1) is 0 Å². The number of rotatable bonds is 1. The predicted octanol–water partition coefficient (Wildman–Crippen LogP) is 2.71. The first-order valence-corrected chi connectivity index (χ1v) is 6.99. The Morgan fingerprint density at radius 1 is 1.22 bits per heavy atom. The highest BCUT2D eigenvalue weighted by molar-refractivity contribution is 7.17. The van der Waals surface area contributed by atoms with E-state index in [9.17, 15) is 0 Å². The lowest BCUT2D eigenvalue weighted by atomic mass is 10.2. The molecule has 4 rings (SSSR count). The van der Waals surface area contributed by atoms with Crippen LogP contribution in [0.25, 0.3) is 16.2 Å². The summed E-state index contributed by atoms with van der Waals surface area (Å²) in [6, 6.07) is 10.4. The molecule has 18 heavy (non-hydrogen) atoms. The molecule has 1 N–H and O–H groups in total. The highest BCUT2D eigenvalue weighted by atomic mass is 32.1.